The van der Waals surface area contributed by atoms with Crippen molar-refractivity contribution in [2.24, 2.45) is 29.6 Å². The maximum absolute atomic E-state index is 13.9. The van der Waals surface area contributed by atoms with Crippen molar-refractivity contribution in [2.75, 3.05) is 0 Å². The SMILES string of the molecule is CC(C)(C)[Si](O[C@H]1C[C@@H]2C[C@H]1[C@H]1[C@@H]2OC(=O)N1C(=O)[C@@H]1C[C@@H]2CC[C@H]1C2)(c1ccccc1)c1ccccc1. The molecule has 2 aromatic rings. The van der Waals surface area contributed by atoms with Gasteiger partial charge in [0.25, 0.3) is 8.32 Å². The van der Waals surface area contributed by atoms with Crippen molar-refractivity contribution in [2.45, 2.75) is 82.6 Å². The van der Waals surface area contributed by atoms with Crippen molar-refractivity contribution in [1.82, 2.24) is 4.90 Å². The largest absolute Gasteiger partial charge is 0.443 e. The third-order valence-electron chi connectivity index (χ3n) is 10.6. The molecular formula is C32H39NO4Si. The maximum Gasteiger partial charge on any atom is 0.417 e. The molecule has 5 aliphatic rings. The van der Waals surface area contributed by atoms with E-state index in [1.165, 1.54) is 16.8 Å². The lowest BCUT2D eigenvalue weighted by atomic mass is 9.85. The minimum absolute atomic E-state index is 0.00242. The van der Waals surface area contributed by atoms with Crippen LogP contribution in [0.2, 0.25) is 5.04 Å². The van der Waals surface area contributed by atoms with Gasteiger partial charge in [0.2, 0.25) is 5.91 Å². The highest BCUT2D eigenvalue weighted by atomic mass is 28.4. The summed E-state index contributed by atoms with van der Waals surface area (Å²) in [6, 6.07) is 21.3. The minimum atomic E-state index is -2.73. The zero-order valence-corrected chi connectivity index (χ0v) is 23.7. The molecule has 6 heteroatoms. The predicted octanol–water partition coefficient (Wildman–Crippen LogP) is 5.12. The van der Waals surface area contributed by atoms with Crippen LogP contribution in [0.25, 0.3) is 0 Å². The average molecular weight is 530 g/mol. The van der Waals surface area contributed by atoms with Crippen LogP contribution >= 0.6 is 0 Å². The van der Waals surface area contributed by atoms with Gasteiger partial charge < -0.3 is 9.16 Å². The normalized spacial score (nSPS) is 35.6. The second-order valence-electron chi connectivity index (χ2n) is 13.5. The van der Waals surface area contributed by atoms with Gasteiger partial charge in [0.15, 0.2) is 0 Å². The molecule has 8 atom stereocenters. The quantitative estimate of drug-likeness (QED) is 0.505. The molecule has 5 nitrogen and oxygen atoms in total. The van der Waals surface area contributed by atoms with Gasteiger partial charge in [-0.15, -0.1) is 0 Å². The highest BCUT2D eigenvalue weighted by Crippen LogP contribution is 2.55. The molecule has 38 heavy (non-hydrogen) atoms. The van der Waals surface area contributed by atoms with Gasteiger partial charge >= 0.3 is 6.09 Å². The van der Waals surface area contributed by atoms with Crippen molar-refractivity contribution in [3.63, 3.8) is 0 Å². The van der Waals surface area contributed by atoms with E-state index in [9.17, 15) is 9.59 Å². The van der Waals surface area contributed by atoms with Gasteiger partial charge in [0.05, 0.1) is 12.1 Å². The fourth-order valence-electron chi connectivity index (χ4n) is 9.04. The van der Waals surface area contributed by atoms with E-state index in [1.807, 2.05) is 0 Å². The van der Waals surface area contributed by atoms with Gasteiger partial charge in [-0.1, -0.05) is 87.9 Å². The topological polar surface area (TPSA) is 55.8 Å². The highest BCUT2D eigenvalue weighted by molar-refractivity contribution is 6.99. The van der Waals surface area contributed by atoms with Crippen LogP contribution in [-0.4, -0.2) is 43.5 Å². The van der Waals surface area contributed by atoms with Crippen molar-refractivity contribution in [1.29, 1.82) is 0 Å². The molecule has 7 rings (SSSR count). The lowest BCUT2D eigenvalue weighted by molar-refractivity contribution is -0.136. The molecule has 4 saturated carbocycles. The number of nitrogens with zero attached hydrogens (tertiary/aromatic N) is 1. The number of imide groups is 1. The fraction of sp³-hybridized carbons (Fsp3) is 0.562. The van der Waals surface area contributed by atoms with Crippen molar-refractivity contribution >= 4 is 30.7 Å². The van der Waals surface area contributed by atoms with Crippen LogP contribution in [0.5, 0.6) is 0 Å². The highest BCUT2D eigenvalue weighted by Gasteiger charge is 2.65. The molecule has 2 aromatic carbocycles. The van der Waals surface area contributed by atoms with Gasteiger partial charge in [-0.2, -0.15) is 0 Å². The first-order chi connectivity index (χ1) is 18.3. The summed E-state index contributed by atoms with van der Waals surface area (Å²) in [4.78, 5) is 28.6. The Morgan fingerprint density at radius 2 is 1.55 bits per heavy atom. The van der Waals surface area contributed by atoms with Gasteiger partial charge in [0.1, 0.15) is 6.10 Å². The van der Waals surface area contributed by atoms with E-state index in [0.717, 1.165) is 32.1 Å². The molecule has 200 valence electrons. The Balaban J connectivity index is 1.24. The molecule has 4 bridgehead atoms. The summed E-state index contributed by atoms with van der Waals surface area (Å²) >= 11 is 0. The minimum Gasteiger partial charge on any atom is -0.443 e. The molecule has 0 spiro atoms. The van der Waals surface area contributed by atoms with E-state index in [2.05, 4.69) is 81.4 Å². The molecule has 2 amide bonds. The number of carbonyl (C=O) groups excluding carboxylic acids is 2. The summed E-state index contributed by atoms with van der Waals surface area (Å²) in [7, 11) is -2.73. The first-order valence-electron chi connectivity index (χ1n) is 14.6. The number of rotatable bonds is 5. The summed E-state index contributed by atoms with van der Waals surface area (Å²) in [5, 5.41) is 2.43. The molecule has 0 aromatic heterocycles. The zero-order chi connectivity index (χ0) is 26.2. The van der Waals surface area contributed by atoms with Gasteiger partial charge in [-0.25, -0.2) is 9.69 Å². The molecule has 1 heterocycles. The third-order valence-corrected chi connectivity index (χ3v) is 15.7. The van der Waals surface area contributed by atoms with Crippen LogP contribution in [0.15, 0.2) is 60.7 Å². The van der Waals surface area contributed by atoms with Crippen LogP contribution in [0, 0.1) is 29.6 Å². The van der Waals surface area contributed by atoms with Gasteiger partial charge in [-0.3, -0.25) is 4.79 Å². The van der Waals surface area contributed by atoms with E-state index in [4.69, 9.17) is 9.16 Å². The van der Waals surface area contributed by atoms with Gasteiger partial charge in [0, 0.05) is 17.8 Å². The molecule has 4 aliphatic carbocycles. The number of ether oxygens (including phenoxy) is 1. The Morgan fingerprint density at radius 1 is 0.895 bits per heavy atom. The lowest BCUT2D eigenvalue weighted by Crippen LogP contribution is -2.68. The van der Waals surface area contributed by atoms with Gasteiger partial charge in [-0.05, 0) is 59.4 Å². The molecule has 0 N–H and O–H groups in total. The Labute approximate surface area is 227 Å². The number of carbonyl (C=O) groups is 2. The predicted molar refractivity (Wildman–Crippen MR) is 149 cm³/mol. The summed E-state index contributed by atoms with van der Waals surface area (Å²) in [5.74, 6) is 1.52. The Hall–Kier alpha value is -2.44. The summed E-state index contributed by atoms with van der Waals surface area (Å²) in [6.07, 6.45) is 5.74. The van der Waals surface area contributed by atoms with E-state index in [1.54, 1.807) is 4.90 Å². The van der Waals surface area contributed by atoms with Crippen molar-refractivity contribution < 1.29 is 18.8 Å². The molecule has 1 aliphatic heterocycles. The summed E-state index contributed by atoms with van der Waals surface area (Å²) < 4.78 is 13.5. The summed E-state index contributed by atoms with van der Waals surface area (Å²) in [6.45, 7) is 6.92. The Bertz CT molecular complexity index is 1190. The van der Waals surface area contributed by atoms with E-state index >= 15 is 0 Å². The molecule has 1 saturated heterocycles. The van der Waals surface area contributed by atoms with Crippen LogP contribution in [0.1, 0.15) is 59.3 Å². The Kier molecular flexibility index (Phi) is 5.68. The van der Waals surface area contributed by atoms with E-state index in [-0.39, 0.29) is 46.9 Å². The third kappa shape index (κ3) is 3.52. The van der Waals surface area contributed by atoms with Crippen molar-refractivity contribution in [3.8, 4) is 0 Å². The van der Waals surface area contributed by atoms with E-state index in [0.29, 0.717) is 11.8 Å². The monoisotopic (exact) mass is 529 g/mol. The summed E-state index contributed by atoms with van der Waals surface area (Å²) in [5.41, 5.74) is 0. The van der Waals surface area contributed by atoms with Crippen LogP contribution in [0.4, 0.5) is 4.79 Å². The molecular weight excluding hydrogens is 490 g/mol. The van der Waals surface area contributed by atoms with Crippen LogP contribution < -0.4 is 10.4 Å². The number of amides is 2. The standard InChI is InChI=1S/C32H39NO4Si/c1-32(2,3)38(23-10-6-4-7-11-23,24-12-8-5-9-13-24)37-27-19-22-18-26(27)28-29(22)36-31(35)33(28)30(34)25-17-20-14-15-21(25)16-20/h4-13,20-22,25-29H,14-19H2,1-3H3/t20-,21+,22+,25-,26-,27+,28+,29-/m1/s1. The number of hydrogen-bond acceptors (Lipinski definition) is 4. The number of benzene rings is 2. The fourth-order valence-corrected chi connectivity index (χ4v) is 13.8. The number of hydrogen-bond donors (Lipinski definition) is 0. The Morgan fingerprint density at radius 3 is 2.11 bits per heavy atom. The zero-order valence-electron chi connectivity index (χ0n) is 22.7. The van der Waals surface area contributed by atoms with Crippen LogP contribution in [0.3, 0.4) is 0 Å². The lowest BCUT2D eigenvalue weighted by Gasteiger charge is -2.47. The second kappa shape index (κ2) is 8.78. The first-order valence-corrected chi connectivity index (χ1v) is 16.5. The molecule has 0 unspecified atom stereocenters. The molecule has 5 fully saturated rings. The maximum atomic E-state index is 13.9. The molecule has 0 radical (unpaired) electrons. The average Bonchev–Trinajstić information content (AvgIpc) is 3.73. The smallest absolute Gasteiger partial charge is 0.417 e. The first kappa shape index (κ1) is 24.6. The van der Waals surface area contributed by atoms with Crippen molar-refractivity contribution in [3.05, 3.63) is 60.7 Å². The second-order valence-corrected chi connectivity index (χ2v) is 17.8. The van der Waals surface area contributed by atoms with Crippen LogP contribution in [-0.2, 0) is 14.0 Å². The number of fused-ring (bicyclic) bond motifs is 7. The van der Waals surface area contributed by atoms with E-state index < -0.39 is 14.4 Å².